The first-order chi connectivity index (χ1) is 14.0. The van der Waals surface area contributed by atoms with Crippen LogP contribution in [-0.2, 0) is 20.8 Å². The number of amides is 1. The van der Waals surface area contributed by atoms with Crippen LogP contribution in [0.1, 0.15) is 24.3 Å². The summed E-state index contributed by atoms with van der Waals surface area (Å²) < 4.78 is 17.1. The second-order valence-corrected chi connectivity index (χ2v) is 8.14. The minimum atomic E-state index is -0.409. The van der Waals surface area contributed by atoms with Gasteiger partial charge in [-0.3, -0.25) is 9.69 Å². The molecule has 0 atom stereocenters. The molecule has 8 heteroatoms. The van der Waals surface area contributed by atoms with Gasteiger partial charge in [0.15, 0.2) is 6.29 Å². The van der Waals surface area contributed by atoms with Crippen LogP contribution in [0.25, 0.3) is 11.5 Å². The minimum absolute atomic E-state index is 0.0243. The van der Waals surface area contributed by atoms with Gasteiger partial charge in [-0.25, -0.2) is 4.98 Å². The maximum absolute atomic E-state index is 12.4. The zero-order valence-corrected chi connectivity index (χ0v) is 18.7. The van der Waals surface area contributed by atoms with Gasteiger partial charge in [0, 0.05) is 36.7 Å². The van der Waals surface area contributed by atoms with E-state index in [9.17, 15) is 4.79 Å². The van der Waals surface area contributed by atoms with E-state index in [1.54, 1.807) is 14.2 Å². The summed E-state index contributed by atoms with van der Waals surface area (Å²) in [6, 6.07) is 7.93. The first-order valence-electron chi connectivity index (χ1n) is 9.78. The molecule has 0 bridgehead atoms. The molecule has 1 amide bonds. The van der Waals surface area contributed by atoms with Crippen molar-refractivity contribution in [3.05, 3.63) is 40.2 Å². The Balaban J connectivity index is 1.51. The fourth-order valence-corrected chi connectivity index (χ4v) is 3.88. The van der Waals surface area contributed by atoms with E-state index in [4.69, 9.17) is 18.9 Å². The molecule has 158 valence electrons. The molecule has 1 aromatic heterocycles. The molecule has 2 aromatic rings. The monoisotopic (exact) mass is 465 g/mol. The lowest BCUT2D eigenvalue weighted by atomic mass is 9.96. The summed E-state index contributed by atoms with van der Waals surface area (Å²) in [6.07, 6.45) is 1.24. The number of carbonyl (C=O) groups excluding carboxylic acids is 1. The van der Waals surface area contributed by atoms with Gasteiger partial charge in [0.05, 0.1) is 12.2 Å². The van der Waals surface area contributed by atoms with Gasteiger partial charge in [-0.1, -0.05) is 22.0 Å². The predicted molar refractivity (Wildman–Crippen MR) is 113 cm³/mol. The van der Waals surface area contributed by atoms with E-state index in [1.165, 1.54) is 0 Å². The van der Waals surface area contributed by atoms with Gasteiger partial charge in [-0.15, -0.1) is 0 Å². The number of methoxy groups -OCH3 is 2. The first kappa shape index (κ1) is 22.0. The molecule has 2 heterocycles. The highest BCUT2D eigenvalue weighted by Gasteiger charge is 2.26. The maximum atomic E-state index is 12.4. The number of benzene rings is 1. The molecular formula is C21H28BrN3O4. The summed E-state index contributed by atoms with van der Waals surface area (Å²) in [5.41, 5.74) is 1.90. The van der Waals surface area contributed by atoms with E-state index in [1.807, 2.05) is 31.2 Å². The van der Waals surface area contributed by atoms with Crippen LogP contribution >= 0.6 is 15.9 Å². The molecule has 7 nitrogen and oxygen atoms in total. The zero-order valence-electron chi connectivity index (χ0n) is 17.1. The lowest BCUT2D eigenvalue weighted by Crippen LogP contribution is -2.42. The van der Waals surface area contributed by atoms with E-state index in [0.29, 0.717) is 12.4 Å². The number of ether oxygens (including phenoxy) is 2. The van der Waals surface area contributed by atoms with Crippen molar-refractivity contribution in [2.24, 2.45) is 5.92 Å². The molecule has 1 N–H and O–H groups in total. The molecule has 0 spiro atoms. The number of piperidine rings is 1. The Hall–Kier alpha value is -1.74. The van der Waals surface area contributed by atoms with Crippen LogP contribution in [0.15, 0.2) is 33.2 Å². The maximum Gasteiger partial charge on any atom is 0.226 e. The van der Waals surface area contributed by atoms with Crippen LogP contribution in [0, 0.1) is 12.8 Å². The Labute approximate surface area is 179 Å². The van der Waals surface area contributed by atoms with E-state index >= 15 is 0 Å². The topological polar surface area (TPSA) is 76.8 Å². The second kappa shape index (κ2) is 10.3. The molecule has 1 saturated heterocycles. The lowest BCUT2D eigenvalue weighted by Gasteiger charge is -2.31. The highest BCUT2D eigenvalue weighted by Crippen LogP contribution is 2.26. The number of hydrogen-bond acceptors (Lipinski definition) is 6. The summed E-state index contributed by atoms with van der Waals surface area (Å²) >= 11 is 3.48. The molecule has 0 aliphatic carbocycles. The number of rotatable bonds is 8. The Kier molecular flexibility index (Phi) is 7.83. The summed E-state index contributed by atoms with van der Waals surface area (Å²) in [5.74, 6) is 1.57. The number of oxazole rings is 1. The summed E-state index contributed by atoms with van der Waals surface area (Å²) in [6.45, 7) is 4.75. The number of nitrogens with one attached hydrogen (secondary N) is 1. The van der Waals surface area contributed by atoms with Crippen molar-refractivity contribution >= 4 is 21.8 Å². The Bertz CT molecular complexity index is 814. The van der Waals surface area contributed by atoms with Crippen molar-refractivity contribution in [3.63, 3.8) is 0 Å². The van der Waals surface area contributed by atoms with Crippen LogP contribution in [0.2, 0.25) is 0 Å². The smallest absolute Gasteiger partial charge is 0.226 e. The summed E-state index contributed by atoms with van der Waals surface area (Å²) in [5, 5.41) is 2.92. The number of carbonyl (C=O) groups is 1. The zero-order chi connectivity index (χ0) is 20.8. The van der Waals surface area contributed by atoms with E-state index in [0.717, 1.165) is 54.0 Å². The number of nitrogens with zero attached hydrogens (tertiary/aromatic N) is 2. The summed E-state index contributed by atoms with van der Waals surface area (Å²) in [7, 11) is 3.12. The van der Waals surface area contributed by atoms with Crippen molar-refractivity contribution in [2.45, 2.75) is 32.6 Å². The molecular weight excluding hydrogens is 438 g/mol. The van der Waals surface area contributed by atoms with Crippen molar-refractivity contribution in [1.82, 2.24) is 15.2 Å². The van der Waals surface area contributed by atoms with Crippen LogP contribution in [-0.4, -0.2) is 55.9 Å². The number of hydrogen-bond donors (Lipinski definition) is 1. The van der Waals surface area contributed by atoms with Gasteiger partial charge in [-0.2, -0.15) is 0 Å². The minimum Gasteiger partial charge on any atom is -0.441 e. The fraction of sp³-hybridized carbons (Fsp3) is 0.524. The molecule has 1 aliphatic rings. The Morgan fingerprint density at radius 2 is 2.07 bits per heavy atom. The average molecular weight is 466 g/mol. The molecule has 1 aromatic carbocycles. The van der Waals surface area contributed by atoms with E-state index < -0.39 is 6.29 Å². The third-order valence-electron chi connectivity index (χ3n) is 5.26. The first-order valence-corrected chi connectivity index (χ1v) is 10.6. The fourth-order valence-electron chi connectivity index (χ4n) is 3.48. The number of aryl methyl sites for hydroxylation is 1. The second-order valence-electron chi connectivity index (χ2n) is 7.23. The predicted octanol–water partition coefficient (Wildman–Crippen LogP) is 3.36. The number of halogens is 1. The third-order valence-corrected chi connectivity index (χ3v) is 5.76. The quantitative estimate of drug-likeness (QED) is 0.602. The van der Waals surface area contributed by atoms with Gasteiger partial charge >= 0.3 is 0 Å². The van der Waals surface area contributed by atoms with Gasteiger partial charge in [-0.05, 0) is 51.1 Å². The molecule has 0 radical (unpaired) electrons. The van der Waals surface area contributed by atoms with Crippen molar-refractivity contribution < 1.29 is 18.7 Å². The normalized spacial score (nSPS) is 15.8. The van der Waals surface area contributed by atoms with Crippen LogP contribution in [0.3, 0.4) is 0 Å². The van der Waals surface area contributed by atoms with Gasteiger partial charge < -0.3 is 19.2 Å². The van der Waals surface area contributed by atoms with Gasteiger partial charge in [0.2, 0.25) is 11.8 Å². The van der Waals surface area contributed by atoms with Gasteiger partial charge in [0.1, 0.15) is 5.76 Å². The highest BCUT2D eigenvalue weighted by atomic mass is 79.9. The number of aromatic nitrogens is 1. The molecule has 1 fully saturated rings. The largest absolute Gasteiger partial charge is 0.441 e. The highest BCUT2D eigenvalue weighted by molar-refractivity contribution is 9.10. The standard InChI is InChI=1S/C21H28BrN3O4/c1-14-18(24-21(29-14)16-5-4-6-17(22)11-16)13-25-9-7-15(8-10-25)20(26)23-12-19(27-2)28-3/h4-6,11,15,19H,7-10,12-13H2,1-3H3,(H,23,26). The molecule has 1 aliphatic heterocycles. The van der Waals surface area contributed by atoms with Crippen LogP contribution in [0.4, 0.5) is 0 Å². The third kappa shape index (κ3) is 5.88. The van der Waals surface area contributed by atoms with Gasteiger partial charge in [0.25, 0.3) is 0 Å². The lowest BCUT2D eigenvalue weighted by molar-refractivity contribution is -0.132. The van der Waals surface area contributed by atoms with Crippen molar-refractivity contribution in [2.75, 3.05) is 33.9 Å². The van der Waals surface area contributed by atoms with E-state index in [-0.39, 0.29) is 11.8 Å². The van der Waals surface area contributed by atoms with Crippen molar-refractivity contribution in [1.29, 1.82) is 0 Å². The Morgan fingerprint density at radius 1 is 1.34 bits per heavy atom. The van der Waals surface area contributed by atoms with Crippen LogP contribution in [0.5, 0.6) is 0 Å². The molecule has 3 rings (SSSR count). The SMILES string of the molecule is COC(CNC(=O)C1CCN(Cc2nc(-c3cccc(Br)c3)oc2C)CC1)OC. The van der Waals surface area contributed by atoms with Crippen molar-refractivity contribution in [3.8, 4) is 11.5 Å². The summed E-state index contributed by atoms with van der Waals surface area (Å²) in [4.78, 5) is 19.4. The Morgan fingerprint density at radius 3 is 2.72 bits per heavy atom. The molecule has 29 heavy (non-hydrogen) atoms. The van der Waals surface area contributed by atoms with E-state index in [2.05, 4.69) is 26.1 Å². The average Bonchev–Trinajstić information content (AvgIpc) is 3.09. The molecule has 0 unspecified atom stereocenters. The molecule has 0 saturated carbocycles. The number of likely N-dealkylation sites (tertiary alicyclic amines) is 1. The van der Waals surface area contributed by atoms with Crippen LogP contribution < -0.4 is 5.32 Å².